The maximum atomic E-state index is 5.68. The highest BCUT2D eigenvalue weighted by Gasteiger charge is 2.13. The molecular formula is C16H26NO+. The summed E-state index contributed by atoms with van der Waals surface area (Å²) in [7, 11) is 0. The molecule has 1 heterocycles. The second-order valence-electron chi connectivity index (χ2n) is 5.28. The fourth-order valence-electron chi connectivity index (χ4n) is 2.66. The van der Waals surface area contributed by atoms with Crippen LogP contribution in [0.2, 0.25) is 0 Å². The summed E-state index contributed by atoms with van der Waals surface area (Å²) in [4.78, 5) is 1.83. The van der Waals surface area contributed by atoms with Crippen LogP contribution in [0.25, 0.3) is 0 Å². The topological polar surface area (TPSA) is 13.7 Å². The van der Waals surface area contributed by atoms with Gasteiger partial charge in [0, 0.05) is 12.8 Å². The molecule has 1 aliphatic heterocycles. The molecule has 100 valence electrons. The molecule has 2 rings (SSSR count). The molecule has 18 heavy (non-hydrogen) atoms. The third kappa shape index (κ3) is 5.09. The molecule has 0 atom stereocenters. The Morgan fingerprint density at radius 2 is 1.61 bits per heavy atom. The van der Waals surface area contributed by atoms with Gasteiger partial charge in [0.1, 0.15) is 5.75 Å². The molecule has 0 aliphatic carbocycles. The molecule has 1 aromatic carbocycles. The van der Waals surface area contributed by atoms with Crippen molar-refractivity contribution in [1.29, 1.82) is 0 Å². The van der Waals surface area contributed by atoms with E-state index in [0.717, 1.165) is 12.4 Å². The number of benzene rings is 1. The van der Waals surface area contributed by atoms with Crippen LogP contribution in [-0.2, 0) is 0 Å². The predicted molar refractivity (Wildman–Crippen MR) is 75.2 cm³/mol. The van der Waals surface area contributed by atoms with Gasteiger partial charge in [-0.1, -0.05) is 18.2 Å². The molecule has 0 amide bonds. The third-order valence-corrected chi connectivity index (χ3v) is 3.75. The van der Waals surface area contributed by atoms with Gasteiger partial charge in [-0.25, -0.2) is 0 Å². The summed E-state index contributed by atoms with van der Waals surface area (Å²) in [6, 6.07) is 10.1. The quantitative estimate of drug-likeness (QED) is 0.697. The van der Waals surface area contributed by atoms with Crippen molar-refractivity contribution in [2.45, 2.75) is 38.5 Å². The molecule has 1 saturated heterocycles. The van der Waals surface area contributed by atoms with Gasteiger partial charge in [0.05, 0.1) is 26.2 Å². The molecule has 1 aliphatic rings. The lowest BCUT2D eigenvalue weighted by atomic mass is 10.2. The largest absolute Gasteiger partial charge is 0.494 e. The van der Waals surface area contributed by atoms with Gasteiger partial charge in [-0.2, -0.15) is 0 Å². The fraction of sp³-hybridized carbons (Fsp3) is 0.625. The third-order valence-electron chi connectivity index (χ3n) is 3.75. The molecule has 0 radical (unpaired) electrons. The van der Waals surface area contributed by atoms with Gasteiger partial charge >= 0.3 is 0 Å². The first kappa shape index (κ1) is 13.4. The second kappa shape index (κ2) is 8.15. The lowest BCUT2D eigenvalue weighted by Crippen LogP contribution is -3.09. The molecule has 2 nitrogen and oxygen atoms in total. The van der Waals surface area contributed by atoms with Crippen LogP contribution in [-0.4, -0.2) is 26.2 Å². The van der Waals surface area contributed by atoms with E-state index in [1.54, 1.807) is 0 Å². The molecule has 0 bridgehead atoms. The zero-order valence-electron chi connectivity index (χ0n) is 11.4. The Balaban J connectivity index is 1.42. The van der Waals surface area contributed by atoms with E-state index in [-0.39, 0.29) is 0 Å². The van der Waals surface area contributed by atoms with Crippen LogP contribution in [0.15, 0.2) is 30.3 Å². The molecule has 1 fully saturated rings. The second-order valence-corrected chi connectivity index (χ2v) is 5.28. The maximum Gasteiger partial charge on any atom is 0.119 e. The number of likely N-dealkylation sites (tertiary alicyclic amines) is 1. The first-order valence-corrected chi connectivity index (χ1v) is 7.46. The lowest BCUT2D eigenvalue weighted by Gasteiger charge is -2.11. The Hall–Kier alpha value is -1.02. The van der Waals surface area contributed by atoms with Crippen LogP contribution in [0.3, 0.4) is 0 Å². The first-order chi connectivity index (χ1) is 8.95. The van der Waals surface area contributed by atoms with Gasteiger partial charge in [-0.05, 0) is 37.8 Å². The van der Waals surface area contributed by atoms with Crippen molar-refractivity contribution in [3.05, 3.63) is 30.3 Å². The number of unbranched alkanes of at least 4 members (excludes halogenated alkanes) is 3. The van der Waals surface area contributed by atoms with Crippen molar-refractivity contribution in [2.75, 3.05) is 26.2 Å². The van der Waals surface area contributed by atoms with Crippen molar-refractivity contribution in [3.8, 4) is 5.75 Å². The number of para-hydroxylation sites is 1. The minimum atomic E-state index is 0.862. The van der Waals surface area contributed by atoms with E-state index in [1.807, 2.05) is 35.2 Å². The summed E-state index contributed by atoms with van der Waals surface area (Å²) in [6.07, 6.45) is 8.13. The van der Waals surface area contributed by atoms with Crippen LogP contribution in [0, 0.1) is 0 Å². The molecule has 2 heteroatoms. The summed E-state index contributed by atoms with van der Waals surface area (Å²) in [5.74, 6) is 0.999. The zero-order chi connectivity index (χ0) is 12.5. The number of nitrogens with one attached hydrogen (secondary N) is 1. The summed E-state index contributed by atoms with van der Waals surface area (Å²) >= 11 is 0. The predicted octanol–water partition coefficient (Wildman–Crippen LogP) is 2.30. The van der Waals surface area contributed by atoms with Gasteiger partial charge in [0.15, 0.2) is 0 Å². The van der Waals surface area contributed by atoms with Gasteiger partial charge < -0.3 is 9.64 Å². The smallest absolute Gasteiger partial charge is 0.119 e. The fourth-order valence-corrected chi connectivity index (χ4v) is 2.66. The number of ether oxygens (including phenoxy) is 1. The highest BCUT2D eigenvalue weighted by molar-refractivity contribution is 5.20. The lowest BCUT2D eigenvalue weighted by molar-refractivity contribution is -0.887. The number of quaternary nitrogens is 1. The average molecular weight is 248 g/mol. The number of hydrogen-bond acceptors (Lipinski definition) is 1. The van der Waals surface area contributed by atoms with E-state index in [1.165, 1.54) is 58.2 Å². The van der Waals surface area contributed by atoms with Crippen LogP contribution in [0.5, 0.6) is 5.75 Å². The molecule has 0 spiro atoms. The normalized spacial score (nSPS) is 16.0. The zero-order valence-corrected chi connectivity index (χ0v) is 11.4. The molecule has 0 unspecified atom stereocenters. The van der Waals surface area contributed by atoms with Crippen LogP contribution >= 0.6 is 0 Å². The van der Waals surface area contributed by atoms with Gasteiger partial charge in [0.25, 0.3) is 0 Å². The van der Waals surface area contributed by atoms with E-state index >= 15 is 0 Å². The number of rotatable bonds is 8. The monoisotopic (exact) mass is 248 g/mol. The molecular weight excluding hydrogens is 222 g/mol. The highest BCUT2D eigenvalue weighted by Crippen LogP contribution is 2.09. The van der Waals surface area contributed by atoms with Crippen molar-refractivity contribution in [1.82, 2.24) is 0 Å². The van der Waals surface area contributed by atoms with Crippen molar-refractivity contribution in [3.63, 3.8) is 0 Å². The van der Waals surface area contributed by atoms with E-state index < -0.39 is 0 Å². The van der Waals surface area contributed by atoms with Gasteiger partial charge in [0.2, 0.25) is 0 Å². The minimum Gasteiger partial charge on any atom is -0.494 e. The molecule has 0 saturated carbocycles. The van der Waals surface area contributed by atoms with Crippen LogP contribution in [0.1, 0.15) is 38.5 Å². The standard InChI is InChI=1S/C16H25NO/c1(6-12-17-13-7-8-14-17)2-9-15-18-16-10-4-3-5-11-16/h3-5,10-11H,1-2,6-9,12-15H2/p+1. The summed E-state index contributed by atoms with van der Waals surface area (Å²) in [5.41, 5.74) is 0. The van der Waals surface area contributed by atoms with Crippen LogP contribution < -0.4 is 9.64 Å². The van der Waals surface area contributed by atoms with Gasteiger partial charge in [-0.15, -0.1) is 0 Å². The summed E-state index contributed by atoms with van der Waals surface area (Å²) in [6.45, 7) is 5.08. The Morgan fingerprint density at radius 1 is 0.889 bits per heavy atom. The molecule has 1 N–H and O–H groups in total. The van der Waals surface area contributed by atoms with E-state index in [9.17, 15) is 0 Å². The maximum absolute atomic E-state index is 5.68. The molecule has 1 aromatic rings. The summed E-state index contributed by atoms with van der Waals surface area (Å²) in [5, 5.41) is 0. The SMILES string of the molecule is c1ccc(OCCCCCC[NH+]2CCCC2)cc1. The molecule has 0 aromatic heterocycles. The van der Waals surface area contributed by atoms with E-state index in [4.69, 9.17) is 4.74 Å². The van der Waals surface area contributed by atoms with Crippen molar-refractivity contribution < 1.29 is 9.64 Å². The Bertz CT molecular complexity index is 306. The Kier molecular flexibility index (Phi) is 6.07. The van der Waals surface area contributed by atoms with E-state index in [2.05, 4.69) is 0 Å². The minimum absolute atomic E-state index is 0.862. The van der Waals surface area contributed by atoms with E-state index in [0.29, 0.717) is 0 Å². The first-order valence-electron chi connectivity index (χ1n) is 7.46. The summed E-state index contributed by atoms with van der Waals surface area (Å²) < 4.78 is 5.68. The van der Waals surface area contributed by atoms with Crippen molar-refractivity contribution in [2.24, 2.45) is 0 Å². The van der Waals surface area contributed by atoms with Crippen molar-refractivity contribution >= 4 is 0 Å². The van der Waals surface area contributed by atoms with Gasteiger partial charge in [-0.3, -0.25) is 0 Å². The van der Waals surface area contributed by atoms with Crippen LogP contribution in [0.4, 0.5) is 0 Å². The Labute approximate surface area is 111 Å². The average Bonchev–Trinajstić information content (AvgIpc) is 2.92. The Morgan fingerprint density at radius 3 is 2.39 bits per heavy atom. The highest BCUT2D eigenvalue weighted by atomic mass is 16.5. The number of hydrogen-bond donors (Lipinski definition) is 1.